The van der Waals surface area contributed by atoms with Gasteiger partial charge in [-0.1, -0.05) is 6.07 Å². The Labute approximate surface area is 104 Å². The molecular formula is C13H9N3S. The molecule has 2 rings (SSSR count). The number of nitriles is 2. The van der Waals surface area contributed by atoms with Gasteiger partial charge in [0.1, 0.15) is 12.1 Å². The van der Waals surface area contributed by atoms with Crippen molar-refractivity contribution in [3.8, 4) is 12.1 Å². The maximum atomic E-state index is 9.00. The lowest BCUT2D eigenvalue weighted by atomic mass is 10.1. The number of rotatable bonds is 3. The van der Waals surface area contributed by atoms with Crippen LogP contribution >= 0.6 is 11.3 Å². The molecule has 0 radical (unpaired) electrons. The largest absolute Gasteiger partial charge is 0.379 e. The van der Waals surface area contributed by atoms with E-state index in [1.54, 1.807) is 29.5 Å². The Morgan fingerprint density at radius 3 is 2.35 bits per heavy atom. The van der Waals surface area contributed by atoms with Gasteiger partial charge in [-0.15, -0.1) is 0 Å². The van der Waals surface area contributed by atoms with Crippen LogP contribution in [0.4, 0.5) is 5.69 Å². The molecule has 1 aromatic carbocycles. The molecule has 0 amide bonds. The van der Waals surface area contributed by atoms with Crippen LogP contribution in [0, 0.1) is 22.7 Å². The first-order valence-electron chi connectivity index (χ1n) is 5.03. The maximum Gasteiger partial charge on any atom is 0.101 e. The third-order valence-corrected chi connectivity index (χ3v) is 3.09. The van der Waals surface area contributed by atoms with Gasteiger partial charge >= 0.3 is 0 Å². The molecule has 0 unspecified atom stereocenters. The number of para-hydroxylation sites is 1. The van der Waals surface area contributed by atoms with E-state index >= 15 is 0 Å². The quantitative estimate of drug-likeness (QED) is 0.895. The number of hydrogen-bond donors (Lipinski definition) is 1. The zero-order valence-corrected chi connectivity index (χ0v) is 9.79. The summed E-state index contributed by atoms with van der Waals surface area (Å²) in [5.74, 6) is 0. The van der Waals surface area contributed by atoms with Gasteiger partial charge in [0, 0.05) is 6.54 Å². The minimum Gasteiger partial charge on any atom is -0.379 e. The number of nitrogens with one attached hydrogen (secondary N) is 1. The van der Waals surface area contributed by atoms with E-state index in [0.29, 0.717) is 23.4 Å². The third kappa shape index (κ3) is 2.44. The number of hydrogen-bond acceptors (Lipinski definition) is 4. The minimum atomic E-state index is 0.499. The smallest absolute Gasteiger partial charge is 0.101 e. The molecule has 0 bridgehead atoms. The predicted octanol–water partition coefficient (Wildman–Crippen LogP) is 3.10. The molecule has 1 N–H and O–H groups in total. The number of nitrogens with zero attached hydrogens (tertiary/aromatic N) is 2. The van der Waals surface area contributed by atoms with Crippen molar-refractivity contribution >= 4 is 17.0 Å². The number of thiophene rings is 1. The van der Waals surface area contributed by atoms with Crippen molar-refractivity contribution in [2.75, 3.05) is 5.32 Å². The molecule has 17 heavy (non-hydrogen) atoms. The van der Waals surface area contributed by atoms with Gasteiger partial charge in [0.25, 0.3) is 0 Å². The standard InChI is InChI=1S/C13H9N3S/c14-6-11-2-1-3-12(7-15)13(11)16-8-10-4-5-17-9-10/h1-5,9,16H,8H2. The summed E-state index contributed by atoms with van der Waals surface area (Å²) in [5.41, 5.74) is 2.76. The maximum absolute atomic E-state index is 9.00. The predicted molar refractivity (Wildman–Crippen MR) is 67.5 cm³/mol. The number of anilines is 1. The molecule has 1 heterocycles. The van der Waals surface area contributed by atoms with Crippen LogP contribution in [0.3, 0.4) is 0 Å². The highest BCUT2D eigenvalue weighted by molar-refractivity contribution is 7.07. The highest BCUT2D eigenvalue weighted by Gasteiger charge is 2.07. The second kappa shape index (κ2) is 5.16. The molecule has 0 saturated heterocycles. The van der Waals surface area contributed by atoms with E-state index in [4.69, 9.17) is 10.5 Å². The SMILES string of the molecule is N#Cc1cccc(C#N)c1NCc1ccsc1. The Kier molecular flexibility index (Phi) is 3.40. The van der Waals surface area contributed by atoms with Gasteiger partial charge < -0.3 is 5.32 Å². The van der Waals surface area contributed by atoms with Crippen molar-refractivity contribution < 1.29 is 0 Å². The summed E-state index contributed by atoms with van der Waals surface area (Å²) in [7, 11) is 0. The van der Waals surface area contributed by atoms with Crippen molar-refractivity contribution in [2.45, 2.75) is 6.54 Å². The molecule has 82 valence electrons. The monoisotopic (exact) mass is 239 g/mol. The Bertz CT molecular complexity index is 556. The minimum absolute atomic E-state index is 0.499. The van der Waals surface area contributed by atoms with E-state index in [-0.39, 0.29) is 0 Å². The fourth-order valence-electron chi connectivity index (χ4n) is 1.51. The van der Waals surface area contributed by atoms with E-state index in [0.717, 1.165) is 5.56 Å². The molecule has 0 atom stereocenters. The highest BCUT2D eigenvalue weighted by Crippen LogP contribution is 2.21. The van der Waals surface area contributed by atoms with E-state index < -0.39 is 0 Å². The van der Waals surface area contributed by atoms with Gasteiger partial charge in [0.2, 0.25) is 0 Å². The van der Waals surface area contributed by atoms with Crippen molar-refractivity contribution in [2.24, 2.45) is 0 Å². The topological polar surface area (TPSA) is 59.6 Å². The Hall–Kier alpha value is -2.30. The summed E-state index contributed by atoms with van der Waals surface area (Å²) >= 11 is 1.62. The summed E-state index contributed by atoms with van der Waals surface area (Å²) in [5, 5.41) is 25.2. The van der Waals surface area contributed by atoms with Gasteiger partial charge in [-0.25, -0.2) is 0 Å². The van der Waals surface area contributed by atoms with Crippen LogP contribution in [0.5, 0.6) is 0 Å². The lowest BCUT2D eigenvalue weighted by molar-refractivity contribution is 1.16. The Morgan fingerprint density at radius 2 is 1.82 bits per heavy atom. The first kappa shape index (κ1) is 11.2. The lowest BCUT2D eigenvalue weighted by Gasteiger charge is -2.08. The van der Waals surface area contributed by atoms with Crippen LogP contribution in [-0.2, 0) is 6.54 Å². The Balaban J connectivity index is 2.26. The summed E-state index contributed by atoms with van der Waals surface area (Å²) in [6.45, 7) is 0.622. The van der Waals surface area contributed by atoms with Gasteiger partial charge in [-0.05, 0) is 34.5 Å². The summed E-state index contributed by atoms with van der Waals surface area (Å²) in [6.07, 6.45) is 0. The van der Waals surface area contributed by atoms with Crippen LogP contribution in [-0.4, -0.2) is 0 Å². The average molecular weight is 239 g/mol. The molecule has 0 aliphatic rings. The molecule has 2 aromatic rings. The van der Waals surface area contributed by atoms with Gasteiger partial charge in [-0.3, -0.25) is 0 Å². The molecule has 0 aliphatic heterocycles. The fraction of sp³-hybridized carbons (Fsp3) is 0.0769. The van der Waals surface area contributed by atoms with Crippen molar-refractivity contribution in [3.63, 3.8) is 0 Å². The molecule has 1 aromatic heterocycles. The third-order valence-electron chi connectivity index (χ3n) is 2.35. The van der Waals surface area contributed by atoms with Crippen LogP contribution < -0.4 is 5.32 Å². The van der Waals surface area contributed by atoms with Gasteiger partial charge in [0.15, 0.2) is 0 Å². The summed E-state index contributed by atoms with van der Waals surface area (Å²) < 4.78 is 0. The normalized spacial score (nSPS) is 9.29. The number of benzene rings is 1. The van der Waals surface area contributed by atoms with E-state index in [9.17, 15) is 0 Å². The summed E-state index contributed by atoms with van der Waals surface area (Å²) in [4.78, 5) is 0. The first-order valence-corrected chi connectivity index (χ1v) is 5.97. The van der Waals surface area contributed by atoms with E-state index in [2.05, 4.69) is 17.5 Å². The van der Waals surface area contributed by atoms with Crippen LogP contribution in [0.25, 0.3) is 0 Å². The molecular weight excluding hydrogens is 230 g/mol. The fourth-order valence-corrected chi connectivity index (χ4v) is 2.18. The highest BCUT2D eigenvalue weighted by atomic mass is 32.1. The summed E-state index contributed by atoms with van der Waals surface area (Å²) in [6, 6.07) is 11.3. The molecule has 0 aliphatic carbocycles. The van der Waals surface area contributed by atoms with E-state index in [1.165, 1.54) is 0 Å². The van der Waals surface area contributed by atoms with E-state index in [1.807, 2.05) is 16.8 Å². The molecule has 0 spiro atoms. The second-order valence-electron chi connectivity index (χ2n) is 3.44. The van der Waals surface area contributed by atoms with Crippen LogP contribution in [0.1, 0.15) is 16.7 Å². The molecule has 4 heteroatoms. The first-order chi connectivity index (χ1) is 8.35. The zero-order valence-electron chi connectivity index (χ0n) is 8.97. The Morgan fingerprint density at radius 1 is 1.12 bits per heavy atom. The van der Waals surface area contributed by atoms with Crippen LogP contribution in [0.15, 0.2) is 35.0 Å². The zero-order chi connectivity index (χ0) is 12.1. The molecule has 3 nitrogen and oxygen atoms in total. The van der Waals surface area contributed by atoms with Gasteiger partial charge in [0.05, 0.1) is 16.8 Å². The molecule has 0 saturated carbocycles. The van der Waals surface area contributed by atoms with Crippen LogP contribution in [0.2, 0.25) is 0 Å². The lowest BCUT2D eigenvalue weighted by Crippen LogP contribution is -2.02. The molecule has 0 fully saturated rings. The van der Waals surface area contributed by atoms with Gasteiger partial charge in [-0.2, -0.15) is 21.9 Å². The van der Waals surface area contributed by atoms with Crippen molar-refractivity contribution in [3.05, 3.63) is 51.7 Å². The average Bonchev–Trinajstić information content (AvgIpc) is 2.88. The van der Waals surface area contributed by atoms with Crippen molar-refractivity contribution in [1.82, 2.24) is 0 Å². The van der Waals surface area contributed by atoms with Crippen molar-refractivity contribution in [1.29, 1.82) is 10.5 Å². The second-order valence-corrected chi connectivity index (χ2v) is 4.22.